The summed E-state index contributed by atoms with van der Waals surface area (Å²) in [5.74, 6) is -1.83. The maximum atomic E-state index is 13.2. The molecule has 1 saturated heterocycles. The molecule has 2 aromatic carbocycles. The SMILES string of the molecule is CC(C(=O)O)n1cc(/C=C2/C(=O)NC(=O)N(c3ccc4c(c3)OCO4)C2=O)c2ccccc21. The van der Waals surface area contributed by atoms with Crippen LogP contribution in [0.3, 0.4) is 0 Å². The van der Waals surface area contributed by atoms with E-state index in [2.05, 4.69) is 5.32 Å². The number of hydrogen-bond donors (Lipinski definition) is 2. The second-order valence-electron chi connectivity index (χ2n) is 7.52. The molecular weight excluding hydrogens is 430 g/mol. The van der Waals surface area contributed by atoms with E-state index in [1.165, 1.54) is 25.1 Å². The van der Waals surface area contributed by atoms with Gasteiger partial charge in [0.1, 0.15) is 11.6 Å². The Balaban J connectivity index is 1.59. The van der Waals surface area contributed by atoms with Gasteiger partial charge in [0.2, 0.25) is 6.79 Å². The Hall–Kier alpha value is -4.60. The number of aliphatic carboxylic acids is 1. The van der Waals surface area contributed by atoms with Crippen LogP contribution in [0.15, 0.2) is 54.2 Å². The lowest BCUT2D eigenvalue weighted by molar-refractivity contribution is -0.140. The Morgan fingerprint density at radius 1 is 1.12 bits per heavy atom. The number of carboxylic acid groups (broad SMARTS) is 1. The molecule has 2 aliphatic heterocycles. The van der Waals surface area contributed by atoms with E-state index in [4.69, 9.17) is 9.47 Å². The maximum absolute atomic E-state index is 13.2. The predicted molar refractivity (Wildman–Crippen MR) is 116 cm³/mol. The lowest BCUT2D eigenvalue weighted by atomic mass is 10.1. The van der Waals surface area contributed by atoms with Crippen LogP contribution in [0.4, 0.5) is 10.5 Å². The number of imide groups is 2. The Morgan fingerprint density at radius 3 is 2.67 bits per heavy atom. The van der Waals surface area contributed by atoms with E-state index in [1.54, 1.807) is 41.1 Å². The molecule has 0 saturated carbocycles. The largest absolute Gasteiger partial charge is 0.480 e. The van der Waals surface area contributed by atoms with Gasteiger partial charge in [-0.2, -0.15) is 0 Å². The summed E-state index contributed by atoms with van der Waals surface area (Å²) in [5.41, 5.74) is 1.05. The van der Waals surface area contributed by atoms with Crippen molar-refractivity contribution in [2.75, 3.05) is 11.7 Å². The smallest absolute Gasteiger partial charge is 0.335 e. The van der Waals surface area contributed by atoms with Gasteiger partial charge in [-0.05, 0) is 31.2 Å². The number of ether oxygens (including phenoxy) is 2. The molecule has 3 aromatic rings. The number of benzene rings is 2. The van der Waals surface area contributed by atoms with Crippen molar-refractivity contribution < 1.29 is 33.8 Å². The highest BCUT2D eigenvalue weighted by Crippen LogP contribution is 2.36. The number of carboxylic acids is 1. The van der Waals surface area contributed by atoms with Crippen LogP contribution in [0.25, 0.3) is 17.0 Å². The molecule has 3 heterocycles. The van der Waals surface area contributed by atoms with Gasteiger partial charge >= 0.3 is 12.0 Å². The number of rotatable bonds is 4. The maximum Gasteiger partial charge on any atom is 0.335 e. The van der Waals surface area contributed by atoms with Crippen LogP contribution in [0.1, 0.15) is 18.5 Å². The minimum Gasteiger partial charge on any atom is -0.480 e. The van der Waals surface area contributed by atoms with Crippen LogP contribution in [-0.2, 0) is 14.4 Å². The molecule has 1 aromatic heterocycles. The average molecular weight is 447 g/mol. The molecule has 1 unspecified atom stereocenters. The van der Waals surface area contributed by atoms with Crippen LogP contribution in [0.2, 0.25) is 0 Å². The second-order valence-corrected chi connectivity index (χ2v) is 7.52. The number of hydrogen-bond acceptors (Lipinski definition) is 6. The first kappa shape index (κ1) is 20.3. The average Bonchev–Trinajstić information content (AvgIpc) is 3.40. The lowest BCUT2D eigenvalue weighted by Crippen LogP contribution is -2.54. The Labute approximate surface area is 186 Å². The molecule has 0 bridgehead atoms. The topological polar surface area (TPSA) is 127 Å². The second kappa shape index (κ2) is 7.52. The molecule has 10 nitrogen and oxygen atoms in total. The summed E-state index contributed by atoms with van der Waals surface area (Å²) in [7, 11) is 0. The number of nitrogens with one attached hydrogen (secondary N) is 1. The van der Waals surface area contributed by atoms with E-state index >= 15 is 0 Å². The van der Waals surface area contributed by atoms with E-state index in [0.29, 0.717) is 28.0 Å². The third kappa shape index (κ3) is 3.28. The quantitative estimate of drug-likeness (QED) is 0.465. The zero-order chi connectivity index (χ0) is 23.3. The predicted octanol–water partition coefficient (Wildman–Crippen LogP) is 2.68. The molecule has 0 radical (unpaired) electrons. The summed E-state index contributed by atoms with van der Waals surface area (Å²) in [6, 6.07) is 9.85. The van der Waals surface area contributed by atoms with E-state index in [9.17, 15) is 24.3 Å². The van der Waals surface area contributed by atoms with Crippen molar-refractivity contribution in [3.05, 3.63) is 59.8 Å². The molecule has 2 aliphatic rings. The van der Waals surface area contributed by atoms with Crippen LogP contribution < -0.4 is 19.7 Å². The highest BCUT2D eigenvalue weighted by Gasteiger charge is 2.37. The van der Waals surface area contributed by atoms with Crippen molar-refractivity contribution in [1.82, 2.24) is 9.88 Å². The molecule has 0 spiro atoms. The zero-order valence-corrected chi connectivity index (χ0v) is 17.3. The van der Waals surface area contributed by atoms with Crippen molar-refractivity contribution in [3.63, 3.8) is 0 Å². The zero-order valence-electron chi connectivity index (χ0n) is 17.3. The first-order chi connectivity index (χ1) is 15.8. The van der Waals surface area contributed by atoms with Gasteiger partial charge in [0, 0.05) is 28.7 Å². The lowest BCUT2D eigenvalue weighted by Gasteiger charge is -2.26. The minimum atomic E-state index is -1.03. The summed E-state index contributed by atoms with van der Waals surface area (Å²) in [6.45, 7) is 1.56. The Bertz CT molecular complexity index is 1390. The molecule has 5 rings (SSSR count). The van der Waals surface area contributed by atoms with Gasteiger partial charge in [0.25, 0.3) is 11.8 Å². The molecule has 166 valence electrons. The first-order valence-corrected chi connectivity index (χ1v) is 9.98. The highest BCUT2D eigenvalue weighted by molar-refractivity contribution is 6.39. The van der Waals surface area contributed by atoms with Crippen molar-refractivity contribution in [1.29, 1.82) is 0 Å². The van der Waals surface area contributed by atoms with Crippen LogP contribution >= 0.6 is 0 Å². The van der Waals surface area contributed by atoms with E-state index in [-0.39, 0.29) is 18.1 Å². The van der Waals surface area contributed by atoms with Crippen molar-refractivity contribution >= 4 is 46.5 Å². The van der Waals surface area contributed by atoms with E-state index in [1.807, 2.05) is 0 Å². The normalized spacial score (nSPS) is 17.5. The monoisotopic (exact) mass is 447 g/mol. The number of urea groups is 1. The van der Waals surface area contributed by atoms with E-state index in [0.717, 1.165) is 4.90 Å². The number of carbonyl (C=O) groups excluding carboxylic acids is 3. The van der Waals surface area contributed by atoms with Crippen LogP contribution in [0, 0.1) is 0 Å². The van der Waals surface area contributed by atoms with Gasteiger partial charge in [0.15, 0.2) is 11.5 Å². The fraction of sp³-hybridized carbons (Fsp3) is 0.130. The molecule has 4 amide bonds. The number of fused-ring (bicyclic) bond motifs is 2. The van der Waals surface area contributed by atoms with E-state index < -0.39 is 29.9 Å². The Kier molecular flexibility index (Phi) is 4.63. The van der Waals surface area contributed by atoms with Gasteiger partial charge < -0.3 is 19.1 Å². The fourth-order valence-corrected chi connectivity index (χ4v) is 3.86. The standard InChI is InChI=1S/C23H17N3O7/c1-12(22(29)30)25-10-13(15-4-2-3-5-17(15)25)8-16-20(27)24-23(31)26(21(16)28)14-6-7-18-19(9-14)33-11-32-18/h2-10,12H,11H2,1H3,(H,29,30)(H,24,27,31)/b16-8-. The molecule has 10 heteroatoms. The molecule has 0 aliphatic carbocycles. The summed E-state index contributed by atoms with van der Waals surface area (Å²) >= 11 is 0. The van der Waals surface area contributed by atoms with Crippen molar-refractivity contribution in [2.45, 2.75) is 13.0 Å². The number of amides is 4. The molecular formula is C23H17N3O7. The van der Waals surface area contributed by atoms with Crippen molar-refractivity contribution in [3.8, 4) is 11.5 Å². The van der Waals surface area contributed by atoms with Gasteiger partial charge in [-0.15, -0.1) is 0 Å². The summed E-state index contributed by atoms with van der Waals surface area (Å²) in [6.07, 6.45) is 2.93. The number of nitrogens with zero attached hydrogens (tertiary/aromatic N) is 2. The highest BCUT2D eigenvalue weighted by atomic mass is 16.7. The summed E-state index contributed by atoms with van der Waals surface area (Å²) in [5, 5.41) is 12.3. The molecule has 1 fully saturated rings. The summed E-state index contributed by atoms with van der Waals surface area (Å²) in [4.78, 5) is 50.7. The first-order valence-electron chi connectivity index (χ1n) is 9.98. The van der Waals surface area contributed by atoms with Gasteiger partial charge in [0.05, 0.1) is 5.69 Å². The molecule has 2 N–H and O–H groups in total. The number of barbiturate groups is 1. The number of para-hydroxylation sites is 1. The van der Waals surface area contributed by atoms with Gasteiger partial charge in [-0.25, -0.2) is 14.5 Å². The van der Waals surface area contributed by atoms with Crippen LogP contribution in [-0.4, -0.2) is 40.3 Å². The third-order valence-electron chi connectivity index (χ3n) is 5.56. The van der Waals surface area contributed by atoms with Gasteiger partial charge in [-0.3, -0.25) is 14.9 Å². The number of carbonyl (C=O) groups is 4. The minimum absolute atomic E-state index is 0.0292. The third-order valence-corrected chi connectivity index (χ3v) is 5.56. The summed E-state index contributed by atoms with van der Waals surface area (Å²) < 4.78 is 12.1. The Morgan fingerprint density at radius 2 is 1.88 bits per heavy atom. The van der Waals surface area contributed by atoms with Crippen molar-refractivity contribution in [2.24, 2.45) is 0 Å². The molecule has 1 atom stereocenters. The number of aromatic nitrogens is 1. The van der Waals surface area contributed by atoms with Crippen LogP contribution in [0.5, 0.6) is 11.5 Å². The number of anilines is 1. The van der Waals surface area contributed by atoms with Gasteiger partial charge in [-0.1, -0.05) is 18.2 Å². The molecule has 33 heavy (non-hydrogen) atoms. The fourth-order valence-electron chi connectivity index (χ4n) is 3.86.